The summed E-state index contributed by atoms with van der Waals surface area (Å²) in [6.45, 7) is 1.18. The fourth-order valence-corrected chi connectivity index (χ4v) is 6.26. The van der Waals surface area contributed by atoms with Gasteiger partial charge in [-0.25, -0.2) is 13.4 Å². The van der Waals surface area contributed by atoms with Gasteiger partial charge in [-0.3, -0.25) is 4.72 Å². The van der Waals surface area contributed by atoms with Gasteiger partial charge in [-0.1, -0.05) is 6.07 Å². The van der Waals surface area contributed by atoms with E-state index in [0.717, 1.165) is 42.3 Å². The minimum Gasteiger partial charge on any atom is -0.611 e. The van der Waals surface area contributed by atoms with Crippen molar-refractivity contribution in [3.63, 3.8) is 0 Å². The second-order valence-corrected chi connectivity index (χ2v) is 11.8. The Kier molecular flexibility index (Phi) is 5.04. The van der Waals surface area contributed by atoms with E-state index in [1.165, 1.54) is 0 Å². The molecule has 1 saturated carbocycles. The van der Waals surface area contributed by atoms with Crippen LogP contribution in [-0.2, 0) is 40.7 Å². The smallest absolute Gasteiger partial charge is 0.229 e. The van der Waals surface area contributed by atoms with Crippen LogP contribution in [0.1, 0.15) is 36.1 Å². The molecular weight excluding hydrogens is 438 g/mol. The molecule has 0 spiro atoms. The third-order valence-corrected chi connectivity index (χ3v) is 8.25. The van der Waals surface area contributed by atoms with Gasteiger partial charge in [0.15, 0.2) is 5.82 Å². The normalized spacial score (nSPS) is 21.4. The van der Waals surface area contributed by atoms with Crippen LogP contribution in [-0.4, -0.2) is 52.2 Å². The molecule has 0 radical (unpaired) electrons. The molecule has 1 fully saturated rings. The molecule has 2 aliphatic heterocycles. The van der Waals surface area contributed by atoms with Crippen LogP contribution in [0.5, 0.6) is 0 Å². The molecule has 31 heavy (non-hydrogen) atoms. The summed E-state index contributed by atoms with van der Waals surface area (Å²) in [5.74, 6) is 1.66. The number of nitrogens with one attached hydrogen (secondary N) is 2. The van der Waals surface area contributed by atoms with Gasteiger partial charge in [-0.15, -0.1) is 0 Å². The first kappa shape index (κ1) is 20.8. The quantitative estimate of drug-likeness (QED) is 0.548. The average Bonchev–Trinajstić information content (AvgIpc) is 3.26. The summed E-state index contributed by atoms with van der Waals surface area (Å²) in [5, 5.41) is 13.3. The predicted octanol–water partition coefficient (Wildman–Crippen LogP) is 1.36. The van der Waals surface area contributed by atoms with Crippen LogP contribution >= 0.6 is 0 Å². The summed E-state index contributed by atoms with van der Waals surface area (Å²) < 4.78 is 38.2. The zero-order valence-corrected chi connectivity index (χ0v) is 18.9. The molecule has 0 unspecified atom stereocenters. The van der Waals surface area contributed by atoms with E-state index in [2.05, 4.69) is 10.0 Å². The Morgan fingerprint density at radius 3 is 2.71 bits per heavy atom. The summed E-state index contributed by atoms with van der Waals surface area (Å²) in [6.07, 6.45) is 4.53. The molecule has 9 nitrogen and oxygen atoms in total. The van der Waals surface area contributed by atoms with Crippen LogP contribution in [0, 0.1) is 0 Å². The number of aryl methyl sites for hydroxylation is 1. The Labute approximate surface area is 184 Å². The third-order valence-electron chi connectivity index (χ3n) is 6.19. The number of sulfonamides is 1. The van der Waals surface area contributed by atoms with Crippen molar-refractivity contribution in [1.29, 1.82) is 0 Å². The van der Waals surface area contributed by atoms with Crippen molar-refractivity contribution < 1.29 is 18.1 Å². The lowest BCUT2D eigenvalue weighted by Crippen LogP contribution is -2.48. The molecule has 3 heterocycles. The summed E-state index contributed by atoms with van der Waals surface area (Å²) in [5.41, 5.74) is 3.04. The molecule has 1 aliphatic carbocycles. The predicted molar refractivity (Wildman–Crippen MR) is 119 cm³/mol. The highest BCUT2D eigenvalue weighted by Crippen LogP contribution is 2.40. The molecule has 1 aromatic carbocycles. The van der Waals surface area contributed by atoms with Crippen molar-refractivity contribution in [3.05, 3.63) is 35.0 Å². The van der Waals surface area contributed by atoms with E-state index < -0.39 is 26.7 Å². The van der Waals surface area contributed by atoms with Crippen LogP contribution in [0.15, 0.2) is 23.1 Å². The van der Waals surface area contributed by atoms with E-state index in [4.69, 9.17) is 9.97 Å². The molecule has 1 aromatic heterocycles. The van der Waals surface area contributed by atoms with Gasteiger partial charge in [0.25, 0.3) is 0 Å². The minimum atomic E-state index is -3.34. The monoisotopic (exact) mass is 463 g/mol. The Morgan fingerprint density at radius 2 is 2.03 bits per heavy atom. The summed E-state index contributed by atoms with van der Waals surface area (Å²) in [4.78, 5) is 12.2. The number of anilines is 3. The molecule has 11 heteroatoms. The Balaban J connectivity index is 1.44. The maximum Gasteiger partial charge on any atom is 0.229 e. The Morgan fingerprint density at radius 1 is 1.26 bits per heavy atom. The number of aromatic nitrogens is 2. The molecule has 3 N–H and O–H groups in total. The van der Waals surface area contributed by atoms with Crippen LogP contribution in [0.3, 0.4) is 0 Å². The van der Waals surface area contributed by atoms with Crippen molar-refractivity contribution in [3.8, 4) is 0 Å². The average molecular weight is 464 g/mol. The molecule has 2 aromatic rings. The maximum absolute atomic E-state index is 12.6. The van der Waals surface area contributed by atoms with Crippen molar-refractivity contribution in [2.45, 2.75) is 49.2 Å². The molecule has 1 atom stereocenters. The van der Waals surface area contributed by atoms with Gasteiger partial charge in [-0.2, -0.15) is 4.98 Å². The fourth-order valence-electron chi connectivity index (χ4n) is 4.40. The molecule has 0 amide bonds. The lowest BCUT2D eigenvalue weighted by atomic mass is 9.77. The second kappa shape index (κ2) is 7.51. The number of benzene rings is 1. The van der Waals surface area contributed by atoms with Crippen LogP contribution < -0.4 is 14.9 Å². The van der Waals surface area contributed by atoms with Crippen molar-refractivity contribution >= 4 is 38.7 Å². The van der Waals surface area contributed by atoms with Gasteiger partial charge >= 0.3 is 0 Å². The number of fused-ring (bicyclic) bond motifs is 2. The second-order valence-electron chi connectivity index (χ2n) is 8.58. The SMILES string of the molecule is CS(=O)(=O)Nc1ccc2c(c1)CN(c1nc3c(c(NC4(CO)CCC4)n1)[S@+]([O-])CC3)C2. The lowest BCUT2D eigenvalue weighted by molar-refractivity contribution is 0.143. The molecule has 3 aliphatic rings. The molecule has 0 saturated heterocycles. The lowest BCUT2D eigenvalue weighted by Gasteiger charge is -2.41. The van der Waals surface area contributed by atoms with E-state index in [0.29, 0.717) is 47.6 Å². The van der Waals surface area contributed by atoms with Crippen molar-refractivity contribution in [1.82, 2.24) is 9.97 Å². The third kappa shape index (κ3) is 3.95. The first-order valence-electron chi connectivity index (χ1n) is 10.3. The van der Waals surface area contributed by atoms with Gasteiger partial charge in [0.1, 0.15) is 11.4 Å². The van der Waals surface area contributed by atoms with E-state index in [1.54, 1.807) is 6.07 Å². The Hall–Kier alpha value is -2.08. The number of hydrogen-bond acceptors (Lipinski definition) is 8. The minimum absolute atomic E-state index is 0.0129. The number of aliphatic hydroxyl groups is 1. The first-order chi connectivity index (χ1) is 14.8. The Bertz CT molecular complexity index is 1130. The van der Waals surface area contributed by atoms with E-state index >= 15 is 0 Å². The van der Waals surface area contributed by atoms with Crippen molar-refractivity contribution in [2.75, 3.05) is 33.6 Å². The zero-order valence-electron chi connectivity index (χ0n) is 17.2. The van der Waals surface area contributed by atoms with Crippen LogP contribution in [0.2, 0.25) is 0 Å². The summed E-state index contributed by atoms with van der Waals surface area (Å²) >= 11 is -1.14. The highest BCUT2D eigenvalue weighted by atomic mass is 32.2. The molecule has 166 valence electrons. The van der Waals surface area contributed by atoms with Crippen LogP contribution in [0.25, 0.3) is 0 Å². The fraction of sp³-hybridized carbons (Fsp3) is 0.500. The highest BCUT2D eigenvalue weighted by molar-refractivity contribution is 7.92. The zero-order chi connectivity index (χ0) is 21.8. The summed E-state index contributed by atoms with van der Waals surface area (Å²) in [6, 6.07) is 5.51. The highest BCUT2D eigenvalue weighted by Gasteiger charge is 2.41. The van der Waals surface area contributed by atoms with Gasteiger partial charge in [0.2, 0.25) is 20.9 Å². The van der Waals surface area contributed by atoms with Gasteiger partial charge < -0.3 is 19.9 Å². The van der Waals surface area contributed by atoms with Gasteiger partial charge in [0.05, 0.1) is 18.4 Å². The number of nitrogens with zero attached hydrogens (tertiary/aromatic N) is 3. The topological polar surface area (TPSA) is 131 Å². The number of aliphatic hydroxyl groups excluding tert-OH is 1. The number of rotatable bonds is 6. The molecule has 5 rings (SSSR count). The van der Waals surface area contributed by atoms with E-state index in [1.807, 2.05) is 17.0 Å². The standard InChI is InChI=1S/C20H25N5O4S2/c1-31(28,29)24-15-4-3-13-10-25(11-14(13)9-15)19-21-16-5-8-30(27)17(16)18(22-19)23-20(12-26)6-2-7-20/h3-4,9,24,26H,2,5-8,10-12H2,1H3,(H,21,22,23)/t30-/m1/s1. The largest absolute Gasteiger partial charge is 0.611 e. The van der Waals surface area contributed by atoms with Crippen molar-refractivity contribution in [2.24, 2.45) is 0 Å². The van der Waals surface area contributed by atoms with Gasteiger partial charge in [0, 0.05) is 25.2 Å². The first-order valence-corrected chi connectivity index (χ1v) is 13.5. The molecule has 0 bridgehead atoms. The maximum atomic E-state index is 12.6. The van der Waals surface area contributed by atoms with Crippen LogP contribution in [0.4, 0.5) is 17.5 Å². The van der Waals surface area contributed by atoms with E-state index in [-0.39, 0.29) is 6.61 Å². The van der Waals surface area contributed by atoms with Gasteiger partial charge in [-0.05, 0) is 53.7 Å². The summed E-state index contributed by atoms with van der Waals surface area (Å²) in [7, 11) is -3.34. The van der Waals surface area contributed by atoms with E-state index in [9.17, 15) is 18.1 Å². The molecular formula is C20H25N5O4S2. The number of hydrogen-bond donors (Lipinski definition) is 3.